The molecule has 0 bridgehead atoms. The Balaban J connectivity index is 1.57. The third-order valence-corrected chi connectivity index (χ3v) is 3.35. The molecule has 2 rings (SSSR count). The highest BCUT2D eigenvalue weighted by Gasteiger charge is 2.09. The van der Waals surface area contributed by atoms with Gasteiger partial charge in [-0.25, -0.2) is 9.18 Å². The molecule has 0 saturated heterocycles. The molecule has 0 radical (unpaired) electrons. The Morgan fingerprint density at radius 1 is 1.08 bits per heavy atom. The van der Waals surface area contributed by atoms with Gasteiger partial charge in [-0.2, -0.15) is 0 Å². The lowest BCUT2D eigenvalue weighted by atomic mass is 10.1. The summed E-state index contributed by atoms with van der Waals surface area (Å²) in [6.07, 6.45) is -0.884. The largest absolute Gasteiger partial charge is 0.387 e. The maximum absolute atomic E-state index is 12.8. The van der Waals surface area contributed by atoms with Crippen molar-refractivity contribution < 1.29 is 19.0 Å². The highest BCUT2D eigenvalue weighted by atomic mass is 19.1. The van der Waals surface area contributed by atoms with Crippen molar-refractivity contribution >= 4 is 6.03 Å². The van der Waals surface area contributed by atoms with Crippen LogP contribution in [-0.4, -0.2) is 30.8 Å². The minimum atomic E-state index is -0.884. The lowest BCUT2D eigenvalue weighted by Crippen LogP contribution is -2.39. The van der Waals surface area contributed by atoms with Gasteiger partial charge in [0.2, 0.25) is 0 Å². The van der Waals surface area contributed by atoms with E-state index >= 15 is 0 Å². The molecule has 0 aliphatic heterocycles. The number of hydrogen-bond donors (Lipinski definition) is 3. The molecule has 0 aliphatic carbocycles. The highest BCUT2D eigenvalue weighted by Crippen LogP contribution is 2.12. The summed E-state index contributed by atoms with van der Waals surface area (Å²) in [5.41, 5.74) is 1.62. The number of halogens is 1. The van der Waals surface area contributed by atoms with Gasteiger partial charge in [-0.1, -0.05) is 42.5 Å². The van der Waals surface area contributed by atoms with E-state index in [9.17, 15) is 14.3 Å². The van der Waals surface area contributed by atoms with Crippen molar-refractivity contribution in [3.8, 4) is 0 Å². The summed E-state index contributed by atoms with van der Waals surface area (Å²) in [5.74, 6) is -0.368. The maximum Gasteiger partial charge on any atom is 0.314 e. The summed E-state index contributed by atoms with van der Waals surface area (Å²) in [6, 6.07) is 14.9. The number of hydrogen-bond acceptors (Lipinski definition) is 3. The zero-order valence-electron chi connectivity index (χ0n) is 13.2. The van der Waals surface area contributed by atoms with Crippen molar-refractivity contribution in [3.05, 3.63) is 71.5 Å². The van der Waals surface area contributed by atoms with Crippen LogP contribution in [0.15, 0.2) is 54.6 Å². The van der Waals surface area contributed by atoms with E-state index in [0.29, 0.717) is 25.3 Å². The molecule has 0 aromatic heterocycles. The Bertz CT molecular complexity index is 620. The fourth-order valence-corrected chi connectivity index (χ4v) is 2.06. The van der Waals surface area contributed by atoms with Gasteiger partial charge < -0.3 is 20.5 Å². The van der Waals surface area contributed by atoms with Gasteiger partial charge in [0.15, 0.2) is 0 Å². The van der Waals surface area contributed by atoms with Gasteiger partial charge in [0.05, 0.1) is 19.3 Å². The van der Waals surface area contributed by atoms with Crippen molar-refractivity contribution in [1.29, 1.82) is 0 Å². The number of benzene rings is 2. The Morgan fingerprint density at radius 3 is 2.50 bits per heavy atom. The van der Waals surface area contributed by atoms with Crippen LogP contribution in [0.1, 0.15) is 17.2 Å². The average molecular weight is 332 g/mol. The molecule has 2 amide bonds. The molecule has 0 spiro atoms. The molecule has 0 aliphatic rings. The molecule has 0 heterocycles. The van der Waals surface area contributed by atoms with Gasteiger partial charge in [0.1, 0.15) is 5.82 Å². The van der Waals surface area contributed by atoms with Crippen LogP contribution < -0.4 is 10.6 Å². The minimum Gasteiger partial charge on any atom is -0.387 e. The second kappa shape index (κ2) is 9.64. The van der Waals surface area contributed by atoms with Crippen LogP contribution in [0.2, 0.25) is 0 Å². The first-order valence-electron chi connectivity index (χ1n) is 7.72. The summed E-state index contributed by atoms with van der Waals surface area (Å²) >= 11 is 0. The number of amides is 2. The number of rotatable bonds is 8. The first kappa shape index (κ1) is 17.9. The fourth-order valence-electron chi connectivity index (χ4n) is 2.06. The second-order valence-corrected chi connectivity index (χ2v) is 5.24. The molecule has 0 fully saturated rings. The van der Waals surface area contributed by atoms with E-state index in [2.05, 4.69) is 10.6 Å². The van der Waals surface area contributed by atoms with Crippen molar-refractivity contribution in [1.82, 2.24) is 10.6 Å². The van der Waals surface area contributed by atoms with E-state index in [1.54, 1.807) is 0 Å². The topological polar surface area (TPSA) is 70.6 Å². The molecule has 1 atom stereocenters. The average Bonchev–Trinajstić information content (AvgIpc) is 2.61. The number of urea groups is 1. The molecule has 128 valence electrons. The standard InChI is InChI=1S/C18H21FN2O3/c19-16-8-6-15(7-9-16)17(22)12-21-18(23)20-10-11-24-13-14-4-2-1-3-5-14/h1-9,17,22H,10-13H2,(H2,20,21,23). The van der Waals surface area contributed by atoms with Crippen LogP contribution in [0, 0.1) is 5.82 Å². The Labute approximate surface area is 140 Å². The van der Waals surface area contributed by atoms with Crippen LogP contribution in [0.25, 0.3) is 0 Å². The zero-order chi connectivity index (χ0) is 17.2. The molecule has 2 aromatic carbocycles. The van der Waals surface area contributed by atoms with Gasteiger partial charge >= 0.3 is 6.03 Å². The van der Waals surface area contributed by atoms with E-state index in [4.69, 9.17) is 4.74 Å². The first-order chi connectivity index (χ1) is 11.6. The lowest BCUT2D eigenvalue weighted by molar-refractivity contribution is 0.123. The maximum atomic E-state index is 12.8. The van der Waals surface area contributed by atoms with Crippen LogP contribution in [0.5, 0.6) is 0 Å². The molecule has 24 heavy (non-hydrogen) atoms. The summed E-state index contributed by atoms with van der Waals surface area (Å²) in [5, 5.41) is 15.1. The molecule has 6 heteroatoms. The highest BCUT2D eigenvalue weighted by molar-refractivity contribution is 5.73. The normalized spacial score (nSPS) is 11.8. The third-order valence-electron chi connectivity index (χ3n) is 3.35. The number of carbonyl (C=O) groups is 1. The predicted octanol–water partition coefficient (Wildman–Crippen LogP) is 2.38. The lowest BCUT2D eigenvalue weighted by Gasteiger charge is -2.13. The van der Waals surface area contributed by atoms with Crippen LogP contribution in [-0.2, 0) is 11.3 Å². The quantitative estimate of drug-likeness (QED) is 0.650. The van der Waals surface area contributed by atoms with E-state index in [-0.39, 0.29) is 18.4 Å². The van der Waals surface area contributed by atoms with Crippen LogP contribution in [0.4, 0.5) is 9.18 Å². The van der Waals surface area contributed by atoms with Gasteiger partial charge in [0.25, 0.3) is 0 Å². The van der Waals surface area contributed by atoms with Gasteiger partial charge in [-0.15, -0.1) is 0 Å². The number of aliphatic hydroxyl groups is 1. The molecule has 1 unspecified atom stereocenters. The third kappa shape index (κ3) is 6.36. The summed E-state index contributed by atoms with van der Waals surface area (Å²) in [4.78, 5) is 11.6. The monoisotopic (exact) mass is 332 g/mol. The number of nitrogens with one attached hydrogen (secondary N) is 2. The number of carbonyl (C=O) groups excluding carboxylic acids is 1. The van der Waals surface area contributed by atoms with Crippen molar-refractivity contribution in [2.24, 2.45) is 0 Å². The Morgan fingerprint density at radius 2 is 1.79 bits per heavy atom. The number of aliphatic hydroxyl groups excluding tert-OH is 1. The summed E-state index contributed by atoms with van der Waals surface area (Å²) < 4.78 is 18.3. The predicted molar refractivity (Wildman–Crippen MR) is 88.9 cm³/mol. The molecule has 5 nitrogen and oxygen atoms in total. The Kier molecular flexibility index (Phi) is 7.20. The minimum absolute atomic E-state index is 0.0440. The van der Waals surface area contributed by atoms with E-state index in [1.807, 2.05) is 30.3 Å². The van der Waals surface area contributed by atoms with Crippen molar-refractivity contribution in [3.63, 3.8) is 0 Å². The van der Waals surface area contributed by atoms with E-state index < -0.39 is 6.10 Å². The fraction of sp³-hybridized carbons (Fsp3) is 0.278. The van der Waals surface area contributed by atoms with E-state index in [0.717, 1.165) is 5.56 Å². The van der Waals surface area contributed by atoms with Crippen LogP contribution >= 0.6 is 0 Å². The molecular formula is C18H21FN2O3. The molecule has 3 N–H and O–H groups in total. The van der Waals surface area contributed by atoms with Crippen molar-refractivity contribution in [2.75, 3.05) is 19.7 Å². The van der Waals surface area contributed by atoms with Gasteiger partial charge in [-0.3, -0.25) is 0 Å². The first-order valence-corrected chi connectivity index (χ1v) is 7.72. The van der Waals surface area contributed by atoms with Gasteiger partial charge in [0, 0.05) is 13.1 Å². The SMILES string of the molecule is O=C(NCCOCc1ccccc1)NCC(O)c1ccc(F)cc1. The second-order valence-electron chi connectivity index (χ2n) is 5.24. The number of ether oxygens (including phenoxy) is 1. The summed E-state index contributed by atoms with van der Waals surface area (Å²) in [7, 11) is 0. The smallest absolute Gasteiger partial charge is 0.314 e. The van der Waals surface area contributed by atoms with Crippen molar-refractivity contribution in [2.45, 2.75) is 12.7 Å². The molecular weight excluding hydrogens is 311 g/mol. The Hall–Kier alpha value is -2.44. The summed E-state index contributed by atoms with van der Waals surface area (Å²) in [6.45, 7) is 1.30. The van der Waals surface area contributed by atoms with Gasteiger partial charge in [-0.05, 0) is 23.3 Å². The zero-order valence-corrected chi connectivity index (χ0v) is 13.2. The molecule has 2 aromatic rings. The van der Waals surface area contributed by atoms with Crippen LogP contribution in [0.3, 0.4) is 0 Å². The van der Waals surface area contributed by atoms with E-state index in [1.165, 1.54) is 24.3 Å². The molecule has 0 saturated carbocycles.